The fourth-order valence-electron chi connectivity index (χ4n) is 3.61. The van der Waals surface area contributed by atoms with Crippen LogP contribution in [0.15, 0.2) is 29.2 Å². The minimum atomic E-state index is -4.20. The van der Waals surface area contributed by atoms with Gasteiger partial charge in [-0.15, -0.1) is 0 Å². The molecule has 0 heterocycles. The largest absolute Gasteiger partial charge is 0.491 e. The second-order valence-electron chi connectivity index (χ2n) is 9.57. The molecular weight excluding hydrogens is 584 g/mol. The molecule has 1 atom stereocenters. The van der Waals surface area contributed by atoms with Crippen molar-refractivity contribution in [1.29, 1.82) is 0 Å². The van der Waals surface area contributed by atoms with Gasteiger partial charge in [0.15, 0.2) is 0 Å². The molecule has 1 aromatic rings. The summed E-state index contributed by atoms with van der Waals surface area (Å²) in [7, 11) is -4.20. The molecule has 252 valence electrons. The van der Waals surface area contributed by atoms with E-state index in [1.165, 1.54) is 49.9 Å². The molecule has 1 aromatic carbocycles. The number of hydrogen-bond donors (Lipinski definition) is 1. The first-order chi connectivity index (χ1) is 21.0. The second kappa shape index (κ2) is 28.1. The zero-order valence-electron chi connectivity index (χ0n) is 26.1. The maximum absolute atomic E-state index is 11.0. The summed E-state index contributed by atoms with van der Waals surface area (Å²) in [5.41, 5.74) is 0. The van der Waals surface area contributed by atoms with Crippen LogP contribution in [0, 0.1) is 5.92 Å². The summed E-state index contributed by atoms with van der Waals surface area (Å²) in [6.45, 7) is 13.0. The highest BCUT2D eigenvalue weighted by Crippen LogP contribution is 2.15. The van der Waals surface area contributed by atoms with Gasteiger partial charge in [0, 0.05) is 6.61 Å². The zero-order chi connectivity index (χ0) is 31.3. The highest BCUT2D eigenvalue weighted by atomic mass is 32.2. The topological polar surface area (TPSA) is 137 Å². The smallest absolute Gasteiger partial charge is 0.294 e. The highest BCUT2D eigenvalue weighted by Gasteiger charge is 2.08. The molecule has 12 nitrogen and oxygen atoms in total. The Morgan fingerprint density at radius 1 is 0.581 bits per heavy atom. The van der Waals surface area contributed by atoms with Gasteiger partial charge < -0.3 is 42.6 Å². The van der Waals surface area contributed by atoms with E-state index in [4.69, 9.17) is 47.2 Å². The van der Waals surface area contributed by atoms with E-state index in [1.807, 2.05) is 0 Å². The molecule has 0 fully saturated rings. The van der Waals surface area contributed by atoms with Crippen molar-refractivity contribution < 1.29 is 55.6 Å². The lowest BCUT2D eigenvalue weighted by atomic mass is 10.0. The van der Waals surface area contributed by atoms with E-state index in [1.54, 1.807) is 0 Å². The molecule has 1 rings (SSSR count). The third-order valence-corrected chi connectivity index (χ3v) is 6.99. The third-order valence-electron chi connectivity index (χ3n) is 6.12. The summed E-state index contributed by atoms with van der Waals surface area (Å²) in [4.78, 5) is -0.180. The summed E-state index contributed by atoms with van der Waals surface area (Å²) in [5.74, 6) is 1.14. The Kier molecular flexibility index (Phi) is 25.9. The number of benzene rings is 1. The average molecular weight is 639 g/mol. The van der Waals surface area contributed by atoms with Gasteiger partial charge in [-0.2, -0.15) is 8.42 Å². The first-order valence-corrected chi connectivity index (χ1v) is 16.7. The molecule has 0 aromatic heterocycles. The molecule has 0 bridgehead atoms. The molecule has 1 unspecified atom stereocenters. The maximum Gasteiger partial charge on any atom is 0.294 e. The van der Waals surface area contributed by atoms with E-state index >= 15 is 0 Å². The van der Waals surface area contributed by atoms with Gasteiger partial charge in [-0.1, -0.05) is 33.1 Å². The SMILES string of the molecule is CCCCC(CC)COCCOCCOCCOCCOCCOCCOCCOCCOc1ccc(S(=O)(=O)O)cc1. The molecule has 43 heavy (non-hydrogen) atoms. The van der Waals surface area contributed by atoms with Crippen LogP contribution >= 0.6 is 0 Å². The monoisotopic (exact) mass is 638 g/mol. The number of ether oxygens (including phenoxy) is 9. The lowest BCUT2D eigenvalue weighted by Gasteiger charge is -2.14. The van der Waals surface area contributed by atoms with Gasteiger partial charge in [-0.25, -0.2) is 0 Å². The highest BCUT2D eigenvalue weighted by molar-refractivity contribution is 7.85. The van der Waals surface area contributed by atoms with E-state index in [9.17, 15) is 8.42 Å². The van der Waals surface area contributed by atoms with E-state index < -0.39 is 10.1 Å². The van der Waals surface area contributed by atoms with Crippen molar-refractivity contribution >= 4 is 10.1 Å². The minimum Gasteiger partial charge on any atom is -0.491 e. The Hall–Kier alpha value is -1.39. The van der Waals surface area contributed by atoms with Gasteiger partial charge in [-0.05, 0) is 36.6 Å². The quantitative estimate of drug-likeness (QED) is 0.0911. The van der Waals surface area contributed by atoms with Crippen LogP contribution in [0.25, 0.3) is 0 Å². The van der Waals surface area contributed by atoms with Crippen LogP contribution < -0.4 is 4.74 Å². The van der Waals surface area contributed by atoms with Gasteiger partial charge in [-0.3, -0.25) is 4.55 Å². The van der Waals surface area contributed by atoms with Crippen molar-refractivity contribution in [2.24, 2.45) is 5.92 Å². The van der Waals surface area contributed by atoms with E-state index in [0.717, 1.165) is 6.61 Å². The van der Waals surface area contributed by atoms with Crippen LogP contribution in [0.1, 0.15) is 39.5 Å². The maximum atomic E-state index is 11.0. The predicted octanol–water partition coefficient (Wildman–Crippen LogP) is 3.66. The Bertz CT molecular complexity index is 838. The minimum absolute atomic E-state index is 0.180. The zero-order valence-corrected chi connectivity index (χ0v) is 26.9. The first kappa shape index (κ1) is 39.6. The van der Waals surface area contributed by atoms with Gasteiger partial charge in [0.2, 0.25) is 0 Å². The van der Waals surface area contributed by atoms with Crippen LogP contribution in [0.5, 0.6) is 5.75 Å². The van der Waals surface area contributed by atoms with Crippen LogP contribution in [0.3, 0.4) is 0 Å². The van der Waals surface area contributed by atoms with Crippen molar-refractivity contribution in [1.82, 2.24) is 0 Å². The Labute approximate surface area is 258 Å². The Balaban J connectivity index is 1.72. The lowest BCUT2D eigenvalue weighted by Crippen LogP contribution is -2.15. The predicted molar refractivity (Wildman–Crippen MR) is 162 cm³/mol. The molecule has 1 N–H and O–H groups in total. The standard InChI is InChI=1S/C30H54O12S/c1-3-5-6-28(4-2)27-41-24-23-39-20-19-37-16-15-35-12-11-34-13-14-36-17-18-38-21-22-40-25-26-42-29-7-9-30(10-8-29)43(31,32)33/h7-10,28H,3-6,11-27H2,1-2H3,(H,31,32,33). The fourth-order valence-corrected chi connectivity index (χ4v) is 4.09. The normalized spacial score (nSPS) is 12.5. The molecule has 0 aliphatic heterocycles. The molecule has 0 saturated carbocycles. The molecule has 0 radical (unpaired) electrons. The summed E-state index contributed by atoms with van der Waals surface area (Å²) in [6.07, 6.45) is 4.91. The van der Waals surface area contributed by atoms with Crippen molar-refractivity contribution in [2.45, 2.75) is 44.4 Å². The van der Waals surface area contributed by atoms with E-state index in [-0.39, 0.29) is 4.90 Å². The first-order valence-electron chi connectivity index (χ1n) is 15.3. The van der Waals surface area contributed by atoms with Gasteiger partial charge >= 0.3 is 0 Å². The number of unbranched alkanes of at least 4 members (excludes halogenated alkanes) is 1. The molecular formula is C30H54O12S. The number of rotatable bonds is 32. The Morgan fingerprint density at radius 3 is 1.30 bits per heavy atom. The van der Waals surface area contributed by atoms with E-state index in [0.29, 0.717) is 117 Å². The van der Waals surface area contributed by atoms with Crippen LogP contribution in [0.2, 0.25) is 0 Å². The van der Waals surface area contributed by atoms with Crippen LogP contribution in [0.4, 0.5) is 0 Å². The lowest BCUT2D eigenvalue weighted by molar-refractivity contribution is -0.0245. The summed E-state index contributed by atoms with van der Waals surface area (Å²) in [6, 6.07) is 5.48. The summed E-state index contributed by atoms with van der Waals surface area (Å²) >= 11 is 0. The molecule has 0 spiro atoms. The molecule has 0 aliphatic rings. The van der Waals surface area contributed by atoms with Gasteiger partial charge in [0.25, 0.3) is 10.1 Å². The molecule has 0 amide bonds. The second-order valence-corrected chi connectivity index (χ2v) is 11.0. The molecule has 0 saturated heterocycles. The average Bonchev–Trinajstić information content (AvgIpc) is 3.00. The Morgan fingerprint density at radius 2 is 0.953 bits per heavy atom. The van der Waals surface area contributed by atoms with Gasteiger partial charge in [0.05, 0.1) is 104 Å². The third kappa shape index (κ3) is 24.6. The molecule has 0 aliphatic carbocycles. The summed E-state index contributed by atoms with van der Waals surface area (Å²) in [5, 5.41) is 0. The van der Waals surface area contributed by atoms with Crippen molar-refractivity contribution in [3.8, 4) is 5.75 Å². The van der Waals surface area contributed by atoms with Crippen molar-refractivity contribution in [3.05, 3.63) is 24.3 Å². The molecule has 13 heteroatoms. The summed E-state index contributed by atoms with van der Waals surface area (Å²) < 4.78 is 80.4. The van der Waals surface area contributed by atoms with Crippen LogP contribution in [-0.4, -0.2) is 125 Å². The number of hydrogen-bond acceptors (Lipinski definition) is 11. The van der Waals surface area contributed by atoms with E-state index in [2.05, 4.69) is 13.8 Å². The fraction of sp³-hybridized carbons (Fsp3) is 0.800. The van der Waals surface area contributed by atoms with Crippen molar-refractivity contribution in [3.63, 3.8) is 0 Å². The van der Waals surface area contributed by atoms with Gasteiger partial charge in [0.1, 0.15) is 12.4 Å². The van der Waals surface area contributed by atoms with Crippen LogP contribution in [-0.2, 0) is 48.0 Å². The van der Waals surface area contributed by atoms with Crippen molar-refractivity contribution in [2.75, 3.05) is 112 Å².